The minimum absolute atomic E-state index is 0.170. The van der Waals surface area contributed by atoms with Crippen molar-refractivity contribution in [3.05, 3.63) is 131 Å². The summed E-state index contributed by atoms with van der Waals surface area (Å²) in [4.78, 5) is 62.4. The van der Waals surface area contributed by atoms with E-state index in [0.717, 1.165) is 44.0 Å². The zero-order chi connectivity index (χ0) is 39.6. The Bertz CT molecular complexity index is 2180. The van der Waals surface area contributed by atoms with Crippen molar-refractivity contribution >= 4 is 35.0 Å². The van der Waals surface area contributed by atoms with Gasteiger partial charge in [-0.1, -0.05) is 30.3 Å². The second-order valence-electron chi connectivity index (χ2n) is 14.0. The number of nitrogens with zero attached hydrogens (tertiary/aromatic N) is 7. The molecule has 3 aromatic carbocycles. The predicted molar refractivity (Wildman–Crippen MR) is 217 cm³/mol. The molecule has 2 saturated heterocycles. The van der Waals surface area contributed by atoms with Crippen LogP contribution in [-0.2, 0) is 18.0 Å². The van der Waals surface area contributed by atoms with Crippen molar-refractivity contribution in [2.75, 3.05) is 87.7 Å². The van der Waals surface area contributed by atoms with Crippen LogP contribution in [0.4, 0.5) is 21.7 Å². The van der Waals surface area contributed by atoms with Gasteiger partial charge in [-0.3, -0.25) is 24.3 Å². The molecule has 0 spiro atoms. The third-order valence-corrected chi connectivity index (χ3v) is 10.2. The molecule has 5 aromatic rings. The molecule has 3 amide bonds. The van der Waals surface area contributed by atoms with Gasteiger partial charge in [0.05, 0.1) is 24.6 Å². The maximum absolute atomic E-state index is 13.9. The van der Waals surface area contributed by atoms with Gasteiger partial charge in [-0.15, -0.1) is 0 Å². The molecule has 2 N–H and O–H groups in total. The number of rotatable bonds is 13. The summed E-state index contributed by atoms with van der Waals surface area (Å²) in [5, 5.41) is 5.98. The summed E-state index contributed by atoms with van der Waals surface area (Å²) >= 11 is 0. The number of pyridine rings is 1. The molecule has 0 radical (unpaired) electrons. The lowest BCUT2D eigenvalue weighted by atomic mass is 10.0. The van der Waals surface area contributed by atoms with Crippen LogP contribution in [0.5, 0.6) is 0 Å². The van der Waals surface area contributed by atoms with Gasteiger partial charge in [0.25, 0.3) is 17.7 Å². The van der Waals surface area contributed by atoms with E-state index in [1.807, 2.05) is 24.3 Å². The minimum Gasteiger partial charge on any atom is -0.379 e. The lowest BCUT2D eigenvalue weighted by Gasteiger charge is -2.36. The molecule has 0 bridgehead atoms. The number of piperazine rings is 1. The van der Waals surface area contributed by atoms with Crippen LogP contribution < -0.4 is 20.4 Å². The van der Waals surface area contributed by atoms with Crippen LogP contribution in [0.3, 0.4) is 0 Å². The van der Waals surface area contributed by atoms with Crippen molar-refractivity contribution < 1.29 is 23.5 Å². The van der Waals surface area contributed by atoms with Gasteiger partial charge in [-0.25, -0.2) is 14.4 Å². The Morgan fingerprint density at radius 1 is 0.737 bits per heavy atom. The van der Waals surface area contributed by atoms with Crippen molar-refractivity contribution in [2.45, 2.75) is 13.2 Å². The monoisotopic (exact) mass is 771 g/mol. The summed E-state index contributed by atoms with van der Waals surface area (Å²) in [6, 6.07) is 24.6. The van der Waals surface area contributed by atoms with Crippen molar-refractivity contribution in [3.8, 4) is 11.3 Å². The normalized spacial score (nSPS) is 14.6. The van der Waals surface area contributed by atoms with Crippen LogP contribution in [0.25, 0.3) is 11.3 Å². The zero-order valence-corrected chi connectivity index (χ0v) is 31.9. The van der Waals surface area contributed by atoms with Gasteiger partial charge in [0, 0.05) is 112 Å². The number of benzene rings is 3. The van der Waals surface area contributed by atoms with E-state index in [0.29, 0.717) is 78.0 Å². The van der Waals surface area contributed by atoms with E-state index >= 15 is 0 Å². The first-order valence-corrected chi connectivity index (χ1v) is 19.1. The van der Waals surface area contributed by atoms with Crippen LogP contribution in [0.15, 0.2) is 104 Å². The molecule has 0 saturated carbocycles. The number of halogens is 1. The molecular formula is C43H46FN9O4. The second kappa shape index (κ2) is 18.6. The number of carbonyl (C=O) groups is 3. The molecule has 7 rings (SSSR count). The van der Waals surface area contributed by atoms with Crippen LogP contribution in [0, 0.1) is 0 Å². The molecule has 2 aliphatic rings. The topological polar surface area (TPSA) is 136 Å². The molecule has 14 heteroatoms. The maximum Gasteiger partial charge on any atom is 0.255 e. The van der Waals surface area contributed by atoms with Gasteiger partial charge in [0.15, 0.2) is 0 Å². The number of morpholine rings is 1. The summed E-state index contributed by atoms with van der Waals surface area (Å²) in [6.45, 7) is 6.87. The Morgan fingerprint density at radius 2 is 1.46 bits per heavy atom. The fraction of sp³-hybridized carbons (Fsp3) is 0.302. The molecule has 2 fully saturated rings. The number of ether oxygens (including phenoxy) is 1. The van der Waals surface area contributed by atoms with Gasteiger partial charge in [0.1, 0.15) is 6.67 Å². The maximum atomic E-state index is 13.9. The first kappa shape index (κ1) is 39.0. The Kier molecular flexibility index (Phi) is 12.7. The molecule has 4 heterocycles. The standard InChI is InChI=1S/C43H46FN9O4/c1-50(15-16-51-21-23-57-24-22-51)42(56)35-8-3-7-33(26-35)41(55)49-38-10-9-36(52-17-19-53(20-18-52)43-46-12-4-13-47-43)28-37(38)39-27-34(11-14-45-39)40(54)48-30-32-6-2-5-31(25-32)29-44/h2-14,25-28H,15-24,29-30H2,1H3,(H,48,54)(H,49,55). The highest BCUT2D eigenvalue weighted by molar-refractivity contribution is 6.08. The van der Waals surface area contributed by atoms with Gasteiger partial charge in [-0.2, -0.15) is 0 Å². The molecule has 2 aliphatic heterocycles. The number of aromatic nitrogens is 3. The van der Waals surface area contributed by atoms with E-state index < -0.39 is 12.6 Å². The fourth-order valence-corrected chi connectivity index (χ4v) is 6.92. The number of carbonyl (C=O) groups excluding carboxylic acids is 3. The number of amides is 3. The van der Waals surface area contributed by atoms with Crippen LogP contribution in [-0.4, -0.2) is 115 Å². The number of hydrogen-bond donors (Lipinski definition) is 2. The van der Waals surface area contributed by atoms with Crippen molar-refractivity contribution in [1.82, 2.24) is 30.1 Å². The highest BCUT2D eigenvalue weighted by Gasteiger charge is 2.22. The minimum atomic E-state index is -0.582. The average Bonchev–Trinajstić information content (AvgIpc) is 3.28. The van der Waals surface area contributed by atoms with Crippen LogP contribution >= 0.6 is 0 Å². The Balaban J connectivity index is 1.11. The van der Waals surface area contributed by atoms with Crippen LogP contribution in [0.2, 0.25) is 0 Å². The smallest absolute Gasteiger partial charge is 0.255 e. The predicted octanol–water partition coefficient (Wildman–Crippen LogP) is 4.92. The number of hydrogen-bond acceptors (Lipinski definition) is 10. The van der Waals surface area contributed by atoms with E-state index in [9.17, 15) is 18.8 Å². The number of alkyl halides is 1. The number of nitrogens with one attached hydrogen (secondary N) is 2. The summed E-state index contributed by atoms with van der Waals surface area (Å²) < 4.78 is 18.7. The first-order valence-electron chi connectivity index (χ1n) is 19.1. The van der Waals surface area contributed by atoms with E-state index in [4.69, 9.17) is 4.74 Å². The highest BCUT2D eigenvalue weighted by Crippen LogP contribution is 2.33. The molecule has 0 unspecified atom stereocenters. The highest BCUT2D eigenvalue weighted by atomic mass is 19.1. The summed E-state index contributed by atoms with van der Waals surface area (Å²) in [5.41, 5.74) is 4.98. The fourth-order valence-electron chi connectivity index (χ4n) is 6.92. The average molecular weight is 772 g/mol. The second-order valence-corrected chi connectivity index (χ2v) is 14.0. The Labute approximate surface area is 331 Å². The molecular weight excluding hydrogens is 726 g/mol. The summed E-state index contributed by atoms with van der Waals surface area (Å²) in [6.07, 6.45) is 5.04. The third kappa shape index (κ3) is 9.95. The van der Waals surface area contributed by atoms with Crippen LogP contribution in [0.1, 0.15) is 42.2 Å². The molecule has 2 aromatic heterocycles. The van der Waals surface area contributed by atoms with E-state index in [2.05, 4.69) is 40.3 Å². The molecule has 294 valence electrons. The van der Waals surface area contributed by atoms with Crippen molar-refractivity contribution in [1.29, 1.82) is 0 Å². The van der Waals surface area contributed by atoms with E-state index in [1.165, 1.54) is 0 Å². The van der Waals surface area contributed by atoms with E-state index in [-0.39, 0.29) is 18.4 Å². The summed E-state index contributed by atoms with van der Waals surface area (Å²) in [5.74, 6) is -0.191. The number of likely N-dealkylation sites (N-methyl/N-ethyl adjacent to an activating group) is 1. The molecule has 13 nitrogen and oxygen atoms in total. The molecule has 0 aliphatic carbocycles. The summed E-state index contributed by atoms with van der Waals surface area (Å²) in [7, 11) is 1.77. The van der Waals surface area contributed by atoms with Crippen molar-refractivity contribution in [3.63, 3.8) is 0 Å². The van der Waals surface area contributed by atoms with Gasteiger partial charge < -0.3 is 30.1 Å². The molecule has 0 atom stereocenters. The Morgan fingerprint density at radius 3 is 2.25 bits per heavy atom. The first-order chi connectivity index (χ1) is 27.8. The van der Waals surface area contributed by atoms with Gasteiger partial charge in [0.2, 0.25) is 5.95 Å². The lowest BCUT2D eigenvalue weighted by molar-refractivity contribution is 0.0338. The quantitative estimate of drug-likeness (QED) is 0.170. The third-order valence-electron chi connectivity index (χ3n) is 10.2. The van der Waals surface area contributed by atoms with E-state index in [1.54, 1.807) is 91.2 Å². The van der Waals surface area contributed by atoms with Crippen molar-refractivity contribution in [2.24, 2.45) is 0 Å². The number of anilines is 3. The Hall–Kier alpha value is -6.25. The van der Waals surface area contributed by atoms with Gasteiger partial charge >= 0.3 is 0 Å². The largest absolute Gasteiger partial charge is 0.379 e. The zero-order valence-electron chi connectivity index (χ0n) is 31.9. The molecule has 57 heavy (non-hydrogen) atoms. The SMILES string of the molecule is CN(CCN1CCOCC1)C(=O)c1cccc(C(=O)Nc2ccc(N3CCN(c4ncccn4)CC3)cc2-c2cc(C(=O)NCc3cccc(CF)c3)ccn2)c1. The lowest BCUT2D eigenvalue weighted by Crippen LogP contribution is -2.47. The van der Waals surface area contributed by atoms with Gasteiger partial charge in [-0.05, 0) is 65.7 Å².